The van der Waals surface area contributed by atoms with Gasteiger partial charge in [-0.1, -0.05) is 23.2 Å². The summed E-state index contributed by atoms with van der Waals surface area (Å²) in [6, 6.07) is 10.0. The highest BCUT2D eigenvalue weighted by Gasteiger charge is 2.23. The van der Waals surface area contributed by atoms with Crippen LogP contribution in [0.25, 0.3) is 10.9 Å². The maximum Gasteiger partial charge on any atom is 0.343 e. The number of benzene rings is 2. The van der Waals surface area contributed by atoms with E-state index in [1.807, 2.05) is 0 Å². The molecule has 0 bridgehead atoms. The van der Waals surface area contributed by atoms with Crippen LogP contribution >= 0.6 is 11.6 Å². The van der Waals surface area contributed by atoms with E-state index in [9.17, 15) is 18.0 Å². The van der Waals surface area contributed by atoms with Gasteiger partial charge >= 0.3 is 5.69 Å². The lowest BCUT2D eigenvalue weighted by Crippen LogP contribution is -2.40. The number of rotatable bonds is 2. The van der Waals surface area contributed by atoms with Gasteiger partial charge in [0, 0.05) is 5.02 Å². The van der Waals surface area contributed by atoms with Crippen LogP contribution in [-0.4, -0.2) is 17.4 Å². The molecule has 0 amide bonds. The standard InChI is InChI=1S/C15H11ClN2O4S/c1-9-2-7-13-12(8-9)14(19)18(15(20)17-13)23(21,22)11-5-3-10(16)4-6-11/h2-8H,1H3,(H,17,20). The maximum atomic E-state index is 12.6. The van der Waals surface area contributed by atoms with Crippen LogP contribution in [0.15, 0.2) is 56.9 Å². The van der Waals surface area contributed by atoms with Gasteiger partial charge in [0.1, 0.15) is 0 Å². The van der Waals surface area contributed by atoms with E-state index in [-0.39, 0.29) is 19.8 Å². The van der Waals surface area contributed by atoms with Crippen LogP contribution in [0.1, 0.15) is 5.56 Å². The second-order valence-electron chi connectivity index (χ2n) is 5.01. The molecule has 6 nitrogen and oxygen atoms in total. The van der Waals surface area contributed by atoms with E-state index in [0.29, 0.717) is 5.02 Å². The smallest absolute Gasteiger partial charge is 0.306 e. The Bertz CT molecular complexity index is 1130. The van der Waals surface area contributed by atoms with Crippen molar-refractivity contribution in [3.63, 3.8) is 0 Å². The minimum absolute atomic E-state index is 0.127. The van der Waals surface area contributed by atoms with Gasteiger partial charge in [0.25, 0.3) is 15.6 Å². The van der Waals surface area contributed by atoms with E-state index < -0.39 is 21.3 Å². The molecule has 0 radical (unpaired) electrons. The molecule has 0 aliphatic rings. The molecule has 1 aromatic heterocycles. The van der Waals surface area contributed by atoms with E-state index in [4.69, 9.17) is 11.6 Å². The molecule has 2 aromatic carbocycles. The van der Waals surface area contributed by atoms with Crippen LogP contribution < -0.4 is 11.2 Å². The summed E-state index contributed by atoms with van der Waals surface area (Å²) in [5.74, 6) is 0. The molecule has 0 saturated carbocycles. The zero-order valence-electron chi connectivity index (χ0n) is 11.9. The highest BCUT2D eigenvalue weighted by atomic mass is 35.5. The van der Waals surface area contributed by atoms with Gasteiger partial charge in [-0.25, -0.2) is 13.2 Å². The molecule has 3 rings (SSSR count). The average Bonchev–Trinajstić information content (AvgIpc) is 2.48. The predicted molar refractivity (Wildman–Crippen MR) is 87.6 cm³/mol. The van der Waals surface area contributed by atoms with Gasteiger partial charge in [0.15, 0.2) is 0 Å². The van der Waals surface area contributed by atoms with Gasteiger partial charge in [0.2, 0.25) is 0 Å². The van der Waals surface area contributed by atoms with E-state index in [2.05, 4.69) is 4.98 Å². The molecule has 0 saturated heterocycles. The fraction of sp³-hybridized carbons (Fsp3) is 0.0667. The summed E-state index contributed by atoms with van der Waals surface area (Å²) in [6.45, 7) is 1.77. The molecule has 118 valence electrons. The molecule has 8 heteroatoms. The third kappa shape index (κ3) is 2.58. The van der Waals surface area contributed by atoms with Crippen molar-refractivity contribution < 1.29 is 8.42 Å². The van der Waals surface area contributed by atoms with Gasteiger partial charge < -0.3 is 4.98 Å². The molecule has 0 aliphatic carbocycles. The second-order valence-corrected chi connectivity index (χ2v) is 7.23. The van der Waals surface area contributed by atoms with Crippen LogP contribution in [0.5, 0.6) is 0 Å². The first-order valence-corrected chi connectivity index (χ1v) is 8.39. The fourth-order valence-electron chi connectivity index (χ4n) is 2.24. The molecule has 3 aromatic rings. The SMILES string of the molecule is Cc1ccc2[nH]c(=O)n(S(=O)(=O)c3ccc(Cl)cc3)c(=O)c2c1. The van der Waals surface area contributed by atoms with Crippen molar-refractivity contribution in [3.05, 3.63) is 73.9 Å². The van der Waals surface area contributed by atoms with Crippen molar-refractivity contribution in [1.82, 2.24) is 8.96 Å². The highest BCUT2D eigenvalue weighted by molar-refractivity contribution is 7.90. The number of fused-ring (bicyclic) bond motifs is 1. The van der Waals surface area contributed by atoms with Crippen LogP contribution in [0, 0.1) is 6.92 Å². The Kier molecular flexibility index (Phi) is 3.62. The minimum atomic E-state index is -4.32. The number of nitrogens with zero attached hydrogens (tertiary/aromatic N) is 1. The van der Waals surface area contributed by atoms with Crippen molar-refractivity contribution in [3.8, 4) is 0 Å². The number of hydrogen-bond acceptors (Lipinski definition) is 4. The fourth-order valence-corrected chi connectivity index (χ4v) is 3.64. The second kappa shape index (κ2) is 5.36. The first-order chi connectivity index (χ1) is 10.8. The lowest BCUT2D eigenvalue weighted by atomic mass is 10.2. The lowest BCUT2D eigenvalue weighted by molar-refractivity contribution is 0.582. The number of H-pyrrole nitrogens is 1. The molecule has 0 unspecified atom stereocenters. The predicted octanol–water partition coefficient (Wildman–Crippen LogP) is 1.89. The van der Waals surface area contributed by atoms with E-state index >= 15 is 0 Å². The van der Waals surface area contributed by atoms with Crippen molar-refractivity contribution >= 4 is 32.5 Å². The summed E-state index contributed by atoms with van der Waals surface area (Å²) in [6.07, 6.45) is 0. The van der Waals surface area contributed by atoms with Gasteiger partial charge in [-0.05, 0) is 43.3 Å². The Morgan fingerprint density at radius 3 is 2.35 bits per heavy atom. The largest absolute Gasteiger partial charge is 0.343 e. The van der Waals surface area contributed by atoms with Crippen molar-refractivity contribution in [1.29, 1.82) is 0 Å². The molecule has 0 fully saturated rings. The van der Waals surface area contributed by atoms with Gasteiger partial charge in [-0.2, -0.15) is 0 Å². The van der Waals surface area contributed by atoms with Crippen molar-refractivity contribution in [2.24, 2.45) is 0 Å². The summed E-state index contributed by atoms with van der Waals surface area (Å²) in [7, 11) is -4.32. The third-order valence-corrected chi connectivity index (χ3v) is 5.30. The Morgan fingerprint density at radius 2 is 1.70 bits per heavy atom. The normalized spacial score (nSPS) is 11.7. The summed E-state index contributed by atoms with van der Waals surface area (Å²) in [4.78, 5) is 26.9. The molecule has 0 spiro atoms. The third-order valence-electron chi connectivity index (χ3n) is 3.37. The van der Waals surface area contributed by atoms with E-state index in [0.717, 1.165) is 5.56 Å². The molecular weight excluding hydrogens is 340 g/mol. The zero-order chi connectivity index (χ0) is 16.8. The quantitative estimate of drug-likeness (QED) is 0.764. The Morgan fingerprint density at radius 1 is 1.04 bits per heavy atom. The first kappa shape index (κ1) is 15.5. The minimum Gasteiger partial charge on any atom is -0.306 e. The molecule has 23 heavy (non-hydrogen) atoms. The topological polar surface area (TPSA) is 89.0 Å². The van der Waals surface area contributed by atoms with E-state index in [1.165, 1.54) is 30.3 Å². The molecule has 1 heterocycles. The Balaban J connectivity index is 2.38. The number of hydrogen-bond donors (Lipinski definition) is 1. The maximum absolute atomic E-state index is 12.6. The number of nitrogens with one attached hydrogen (secondary N) is 1. The van der Waals surface area contributed by atoms with E-state index in [1.54, 1.807) is 19.1 Å². The monoisotopic (exact) mass is 350 g/mol. The summed E-state index contributed by atoms with van der Waals surface area (Å²) in [5, 5.41) is 0.474. The Labute approximate surface area is 136 Å². The summed E-state index contributed by atoms with van der Waals surface area (Å²) in [5.41, 5.74) is -0.839. The number of aromatic amines is 1. The van der Waals surface area contributed by atoms with Gasteiger partial charge in [-0.3, -0.25) is 4.79 Å². The molecule has 0 aliphatic heterocycles. The number of aryl methyl sites for hydroxylation is 1. The molecule has 0 atom stereocenters. The highest BCUT2D eigenvalue weighted by Crippen LogP contribution is 2.16. The van der Waals surface area contributed by atoms with Crippen molar-refractivity contribution in [2.75, 3.05) is 0 Å². The van der Waals surface area contributed by atoms with Crippen LogP contribution in [0.2, 0.25) is 5.02 Å². The first-order valence-electron chi connectivity index (χ1n) is 6.57. The van der Waals surface area contributed by atoms with Gasteiger partial charge in [-0.15, -0.1) is 3.97 Å². The molecular formula is C15H11ClN2O4S. The number of aromatic nitrogens is 2. The lowest BCUT2D eigenvalue weighted by Gasteiger charge is -2.08. The summed E-state index contributed by atoms with van der Waals surface area (Å²) < 4.78 is 25.5. The zero-order valence-corrected chi connectivity index (χ0v) is 13.5. The summed E-state index contributed by atoms with van der Waals surface area (Å²) >= 11 is 5.73. The van der Waals surface area contributed by atoms with Crippen LogP contribution in [-0.2, 0) is 10.0 Å². The molecule has 1 N–H and O–H groups in total. The van der Waals surface area contributed by atoms with Crippen molar-refractivity contribution in [2.45, 2.75) is 11.8 Å². The van der Waals surface area contributed by atoms with Gasteiger partial charge in [0.05, 0.1) is 15.8 Å². The van der Waals surface area contributed by atoms with Crippen LogP contribution in [0.4, 0.5) is 0 Å². The average molecular weight is 351 g/mol. The Hall–Kier alpha value is -2.38. The van der Waals surface area contributed by atoms with Crippen LogP contribution in [0.3, 0.4) is 0 Å². The number of halogens is 1.